The molecule has 4 nitrogen and oxygen atoms in total. The summed E-state index contributed by atoms with van der Waals surface area (Å²) in [6.07, 6.45) is 1.57. The van der Waals surface area contributed by atoms with Crippen LogP contribution in [0.4, 0.5) is 0 Å². The number of nitriles is 1. The number of fused-ring (bicyclic) bond motifs is 2. The molecular formula is C18H12N2O2. The number of carbonyl (C=O) groups is 1. The van der Waals surface area contributed by atoms with Gasteiger partial charge in [-0.1, -0.05) is 24.3 Å². The van der Waals surface area contributed by atoms with E-state index in [0.717, 1.165) is 5.56 Å². The zero-order valence-electron chi connectivity index (χ0n) is 11.9. The molecule has 0 N–H and O–H groups in total. The molecule has 1 aromatic heterocycles. The Labute approximate surface area is 127 Å². The lowest BCUT2D eigenvalue weighted by molar-refractivity contribution is 0.102. The van der Waals surface area contributed by atoms with Crippen LogP contribution in [0.1, 0.15) is 34.5 Å². The van der Waals surface area contributed by atoms with Gasteiger partial charge in [-0.2, -0.15) is 5.26 Å². The van der Waals surface area contributed by atoms with Gasteiger partial charge in [-0.3, -0.25) is 9.79 Å². The fraction of sp³-hybridized carbons (Fsp3) is 0.167. The highest BCUT2D eigenvalue weighted by Gasteiger charge is 2.44. The van der Waals surface area contributed by atoms with Crippen molar-refractivity contribution < 1.29 is 9.21 Å². The standard InChI is InChI=1S/C18H12N2O2/c1-10-13(9-19)15(14-7-4-8-22-14)16-17(20-10)11-5-2-3-6-12(11)18(16)21/h2-8,13,15H,1H3/t13?,15-/m0/s1. The Kier molecular flexibility index (Phi) is 2.64. The SMILES string of the molecule is CC1=NC2=C(C(=O)c3ccccc32)[C@H](c2ccco2)C1C#N. The van der Waals surface area contributed by atoms with E-state index in [0.29, 0.717) is 28.3 Å². The maximum Gasteiger partial charge on any atom is 0.192 e. The first-order valence-corrected chi connectivity index (χ1v) is 7.09. The third-order valence-electron chi connectivity index (χ3n) is 4.30. The first-order valence-electron chi connectivity index (χ1n) is 7.09. The zero-order valence-corrected chi connectivity index (χ0v) is 11.9. The molecule has 1 unspecified atom stereocenters. The molecule has 0 amide bonds. The number of aliphatic imine (C=N–C) groups is 1. The number of nitrogens with zero attached hydrogens (tertiary/aromatic N) is 2. The van der Waals surface area contributed by atoms with Crippen LogP contribution in [0.3, 0.4) is 0 Å². The van der Waals surface area contributed by atoms with Crippen LogP contribution in [0.2, 0.25) is 0 Å². The van der Waals surface area contributed by atoms with E-state index >= 15 is 0 Å². The Hall–Kier alpha value is -2.93. The van der Waals surface area contributed by atoms with Crippen LogP contribution in [0.5, 0.6) is 0 Å². The van der Waals surface area contributed by atoms with Crippen LogP contribution >= 0.6 is 0 Å². The second kappa shape index (κ2) is 4.54. The second-order valence-electron chi connectivity index (χ2n) is 5.49. The van der Waals surface area contributed by atoms with Crippen molar-refractivity contribution in [1.29, 1.82) is 5.26 Å². The van der Waals surface area contributed by atoms with Gasteiger partial charge in [0.05, 0.1) is 29.9 Å². The molecule has 1 aliphatic carbocycles. The molecule has 0 fully saturated rings. The maximum absolute atomic E-state index is 12.8. The van der Waals surface area contributed by atoms with Gasteiger partial charge in [-0.15, -0.1) is 0 Å². The van der Waals surface area contributed by atoms with Crippen molar-refractivity contribution in [2.24, 2.45) is 10.9 Å². The first-order chi connectivity index (χ1) is 10.7. The molecule has 2 aromatic rings. The Morgan fingerprint density at radius 2 is 1.95 bits per heavy atom. The Morgan fingerprint density at radius 1 is 1.18 bits per heavy atom. The lowest BCUT2D eigenvalue weighted by Gasteiger charge is -2.25. The minimum absolute atomic E-state index is 0.0523. The number of allylic oxidation sites excluding steroid dienone is 1. The van der Waals surface area contributed by atoms with Gasteiger partial charge < -0.3 is 4.42 Å². The number of Topliss-reactive ketones (excluding diaryl/α,β-unsaturated/α-hetero) is 1. The van der Waals surface area contributed by atoms with Crippen LogP contribution in [0, 0.1) is 17.2 Å². The smallest absolute Gasteiger partial charge is 0.192 e. The molecule has 2 heterocycles. The molecule has 2 atom stereocenters. The average molecular weight is 288 g/mol. The minimum atomic E-state index is -0.483. The van der Waals surface area contributed by atoms with Gasteiger partial charge >= 0.3 is 0 Å². The summed E-state index contributed by atoms with van der Waals surface area (Å²) in [5, 5.41) is 9.55. The second-order valence-corrected chi connectivity index (χ2v) is 5.49. The van der Waals surface area contributed by atoms with Crippen LogP contribution in [-0.2, 0) is 0 Å². The van der Waals surface area contributed by atoms with Gasteiger partial charge in [-0.05, 0) is 19.1 Å². The van der Waals surface area contributed by atoms with E-state index in [2.05, 4.69) is 11.1 Å². The molecular weight excluding hydrogens is 276 g/mol. The van der Waals surface area contributed by atoms with Gasteiger partial charge in [0.2, 0.25) is 0 Å². The van der Waals surface area contributed by atoms with Crippen molar-refractivity contribution in [3.05, 3.63) is 65.1 Å². The van der Waals surface area contributed by atoms with Gasteiger partial charge in [0.15, 0.2) is 5.78 Å². The van der Waals surface area contributed by atoms with E-state index in [1.807, 2.05) is 31.2 Å². The Morgan fingerprint density at radius 3 is 2.64 bits per heavy atom. The molecule has 106 valence electrons. The largest absolute Gasteiger partial charge is 0.469 e. The highest BCUT2D eigenvalue weighted by atomic mass is 16.3. The van der Waals surface area contributed by atoms with E-state index < -0.39 is 11.8 Å². The number of hydrogen-bond donors (Lipinski definition) is 0. The van der Waals surface area contributed by atoms with Crippen molar-refractivity contribution >= 4 is 17.2 Å². The molecule has 0 saturated carbocycles. The fourth-order valence-electron chi connectivity index (χ4n) is 3.29. The van der Waals surface area contributed by atoms with E-state index in [1.165, 1.54) is 0 Å². The van der Waals surface area contributed by atoms with Crippen molar-refractivity contribution in [3.8, 4) is 6.07 Å². The number of ketones is 1. The summed E-state index contributed by atoms with van der Waals surface area (Å²) < 4.78 is 5.52. The van der Waals surface area contributed by atoms with Crippen LogP contribution in [0.15, 0.2) is 57.6 Å². The van der Waals surface area contributed by atoms with Gasteiger partial charge in [-0.25, -0.2) is 0 Å². The number of carbonyl (C=O) groups excluding carboxylic acids is 1. The molecule has 4 heteroatoms. The third kappa shape index (κ3) is 1.57. The monoisotopic (exact) mass is 288 g/mol. The summed E-state index contributed by atoms with van der Waals surface area (Å²) in [6, 6.07) is 13.3. The van der Waals surface area contributed by atoms with Gasteiger partial charge in [0, 0.05) is 22.4 Å². The molecule has 4 rings (SSSR count). The fourth-order valence-corrected chi connectivity index (χ4v) is 3.29. The quantitative estimate of drug-likeness (QED) is 0.805. The summed E-state index contributed by atoms with van der Waals surface area (Å²) >= 11 is 0. The molecule has 2 aliphatic rings. The molecule has 0 bridgehead atoms. The predicted octanol–water partition coefficient (Wildman–Crippen LogP) is 3.59. The number of furan rings is 1. The minimum Gasteiger partial charge on any atom is -0.469 e. The summed E-state index contributed by atoms with van der Waals surface area (Å²) in [5.74, 6) is -0.298. The first kappa shape index (κ1) is 12.8. The molecule has 22 heavy (non-hydrogen) atoms. The summed E-state index contributed by atoms with van der Waals surface area (Å²) in [4.78, 5) is 17.4. The zero-order chi connectivity index (χ0) is 15.3. The van der Waals surface area contributed by atoms with Crippen LogP contribution in [0.25, 0.3) is 5.70 Å². The van der Waals surface area contributed by atoms with Crippen LogP contribution < -0.4 is 0 Å². The summed E-state index contributed by atoms with van der Waals surface area (Å²) in [7, 11) is 0. The average Bonchev–Trinajstić information content (AvgIpc) is 3.15. The maximum atomic E-state index is 12.8. The third-order valence-corrected chi connectivity index (χ3v) is 4.30. The lowest BCUT2D eigenvalue weighted by atomic mass is 9.78. The van der Waals surface area contributed by atoms with E-state index in [4.69, 9.17) is 4.42 Å². The normalized spacial score (nSPS) is 22.9. The number of rotatable bonds is 1. The summed E-state index contributed by atoms with van der Waals surface area (Å²) in [6.45, 7) is 1.83. The predicted molar refractivity (Wildman–Crippen MR) is 81.4 cm³/mol. The van der Waals surface area contributed by atoms with Crippen LogP contribution in [-0.4, -0.2) is 11.5 Å². The molecule has 0 saturated heterocycles. The van der Waals surface area contributed by atoms with Crippen molar-refractivity contribution in [2.45, 2.75) is 12.8 Å². The molecule has 1 aromatic carbocycles. The molecule has 1 aliphatic heterocycles. The molecule has 0 radical (unpaired) electrons. The lowest BCUT2D eigenvalue weighted by Crippen LogP contribution is -2.26. The van der Waals surface area contributed by atoms with Gasteiger partial charge in [0.25, 0.3) is 0 Å². The highest BCUT2D eigenvalue weighted by molar-refractivity contribution is 6.23. The number of benzene rings is 1. The molecule has 0 spiro atoms. The van der Waals surface area contributed by atoms with Crippen molar-refractivity contribution in [3.63, 3.8) is 0 Å². The van der Waals surface area contributed by atoms with Gasteiger partial charge in [0.1, 0.15) is 5.76 Å². The van der Waals surface area contributed by atoms with Crippen molar-refractivity contribution in [1.82, 2.24) is 0 Å². The topological polar surface area (TPSA) is 66.4 Å². The van der Waals surface area contributed by atoms with E-state index in [-0.39, 0.29) is 5.78 Å². The Bertz CT molecular complexity index is 882. The van der Waals surface area contributed by atoms with E-state index in [9.17, 15) is 10.1 Å². The van der Waals surface area contributed by atoms with E-state index in [1.54, 1.807) is 18.4 Å². The summed E-state index contributed by atoms with van der Waals surface area (Å²) in [5.41, 5.74) is 3.47. The van der Waals surface area contributed by atoms with Crippen molar-refractivity contribution in [2.75, 3.05) is 0 Å². The Balaban J connectivity index is 1.98. The highest BCUT2D eigenvalue weighted by Crippen LogP contribution is 2.47. The number of hydrogen-bond acceptors (Lipinski definition) is 4.